The molecule has 2 aromatic carbocycles. The van der Waals surface area contributed by atoms with Crippen molar-refractivity contribution in [3.63, 3.8) is 0 Å². The zero-order chi connectivity index (χ0) is 20.0. The van der Waals surface area contributed by atoms with Crippen LogP contribution in [0.3, 0.4) is 0 Å². The number of hydrogen-bond donors (Lipinski definition) is 0. The summed E-state index contributed by atoms with van der Waals surface area (Å²) < 4.78 is 33.4. The molecule has 0 atom stereocenters. The summed E-state index contributed by atoms with van der Waals surface area (Å²) in [4.78, 5) is 2.65. The molecule has 1 aliphatic heterocycles. The molecule has 6 heteroatoms. The Morgan fingerprint density at radius 3 is 2.36 bits per heavy atom. The van der Waals surface area contributed by atoms with Crippen molar-refractivity contribution < 1.29 is 13.2 Å². The Labute approximate surface area is 169 Å². The van der Waals surface area contributed by atoms with E-state index in [1.807, 2.05) is 25.1 Å². The molecule has 0 unspecified atom stereocenters. The summed E-state index contributed by atoms with van der Waals surface area (Å²) in [7, 11) is -3.47. The molecule has 1 fully saturated rings. The molecule has 152 valence electrons. The molecule has 0 spiro atoms. The van der Waals surface area contributed by atoms with Crippen LogP contribution in [0.1, 0.15) is 30.9 Å². The van der Waals surface area contributed by atoms with E-state index in [9.17, 15) is 8.42 Å². The molecule has 0 aromatic heterocycles. The average molecular weight is 403 g/mol. The number of sulfonamides is 1. The molecular weight excluding hydrogens is 372 g/mol. The molecule has 0 bridgehead atoms. The SMILES string of the molecule is CCCCOc1ccc(S(=O)(=O)N2CCN(Cc3ccccc3)CC2)cc1C. The number of rotatable bonds is 8. The van der Waals surface area contributed by atoms with E-state index in [4.69, 9.17) is 4.74 Å². The third-order valence-corrected chi connectivity index (χ3v) is 7.01. The molecule has 0 saturated carbocycles. The largest absolute Gasteiger partial charge is 0.493 e. The lowest BCUT2D eigenvalue weighted by molar-refractivity contribution is 0.181. The van der Waals surface area contributed by atoms with E-state index in [2.05, 4.69) is 24.0 Å². The number of nitrogens with zero attached hydrogens (tertiary/aromatic N) is 2. The highest BCUT2D eigenvalue weighted by Gasteiger charge is 2.28. The van der Waals surface area contributed by atoms with Gasteiger partial charge in [-0.3, -0.25) is 4.90 Å². The van der Waals surface area contributed by atoms with Crippen molar-refractivity contribution in [2.24, 2.45) is 0 Å². The highest BCUT2D eigenvalue weighted by atomic mass is 32.2. The standard InChI is InChI=1S/C22H30N2O3S/c1-3-4-16-27-22-11-10-21(17-19(22)2)28(25,26)24-14-12-23(13-15-24)18-20-8-6-5-7-9-20/h5-11,17H,3-4,12-16,18H2,1-2H3. The number of aryl methyl sites for hydroxylation is 1. The van der Waals surface area contributed by atoms with Crippen molar-refractivity contribution in [1.29, 1.82) is 0 Å². The highest BCUT2D eigenvalue weighted by molar-refractivity contribution is 7.89. The van der Waals surface area contributed by atoms with Crippen LogP contribution in [0.2, 0.25) is 0 Å². The molecule has 5 nitrogen and oxygen atoms in total. The molecule has 0 aliphatic carbocycles. The zero-order valence-electron chi connectivity index (χ0n) is 16.8. The maximum atomic E-state index is 13.0. The van der Waals surface area contributed by atoms with Gasteiger partial charge in [-0.15, -0.1) is 0 Å². The first-order valence-electron chi connectivity index (χ1n) is 10.0. The lowest BCUT2D eigenvalue weighted by Crippen LogP contribution is -2.48. The molecule has 2 aromatic rings. The lowest BCUT2D eigenvalue weighted by atomic mass is 10.2. The molecule has 0 amide bonds. The fourth-order valence-electron chi connectivity index (χ4n) is 3.39. The Hall–Kier alpha value is -1.89. The number of unbranched alkanes of at least 4 members (excludes halogenated alkanes) is 1. The Bertz CT molecular complexity index is 861. The van der Waals surface area contributed by atoms with Crippen LogP contribution in [0, 0.1) is 6.92 Å². The van der Waals surface area contributed by atoms with Gasteiger partial charge in [0.2, 0.25) is 10.0 Å². The van der Waals surface area contributed by atoms with E-state index in [0.29, 0.717) is 24.6 Å². The van der Waals surface area contributed by atoms with Crippen molar-refractivity contribution in [1.82, 2.24) is 9.21 Å². The first-order chi connectivity index (χ1) is 13.5. The fourth-order valence-corrected chi connectivity index (χ4v) is 4.90. The van der Waals surface area contributed by atoms with E-state index in [-0.39, 0.29) is 0 Å². The summed E-state index contributed by atoms with van der Waals surface area (Å²) in [5.41, 5.74) is 2.12. The van der Waals surface area contributed by atoms with Crippen molar-refractivity contribution in [2.75, 3.05) is 32.8 Å². The Kier molecular flexibility index (Phi) is 7.10. The molecule has 0 radical (unpaired) electrons. The van der Waals surface area contributed by atoms with Crippen LogP contribution in [0.4, 0.5) is 0 Å². The number of benzene rings is 2. The quantitative estimate of drug-likeness (QED) is 0.632. The summed E-state index contributed by atoms with van der Waals surface area (Å²) in [5, 5.41) is 0. The van der Waals surface area contributed by atoms with E-state index in [1.165, 1.54) is 5.56 Å². The summed E-state index contributed by atoms with van der Waals surface area (Å²) in [5.74, 6) is 0.764. The fraction of sp³-hybridized carbons (Fsp3) is 0.455. The van der Waals surface area contributed by atoms with Gasteiger partial charge in [0.05, 0.1) is 11.5 Å². The second-order valence-corrected chi connectivity index (χ2v) is 9.23. The van der Waals surface area contributed by atoms with Crippen LogP contribution in [-0.4, -0.2) is 50.4 Å². The van der Waals surface area contributed by atoms with Gasteiger partial charge in [-0.25, -0.2) is 8.42 Å². The van der Waals surface area contributed by atoms with Gasteiger partial charge in [-0.2, -0.15) is 4.31 Å². The average Bonchev–Trinajstić information content (AvgIpc) is 2.70. The van der Waals surface area contributed by atoms with E-state index >= 15 is 0 Å². The van der Waals surface area contributed by atoms with Crippen molar-refractivity contribution in [2.45, 2.75) is 38.1 Å². The Morgan fingerprint density at radius 2 is 1.71 bits per heavy atom. The van der Waals surface area contributed by atoms with Gasteiger partial charge >= 0.3 is 0 Å². The van der Waals surface area contributed by atoms with Gasteiger partial charge in [0.25, 0.3) is 0 Å². The Balaban J connectivity index is 1.61. The molecule has 1 saturated heterocycles. The van der Waals surface area contributed by atoms with Gasteiger partial charge in [-0.1, -0.05) is 43.7 Å². The maximum Gasteiger partial charge on any atom is 0.243 e. The van der Waals surface area contributed by atoms with Gasteiger partial charge in [0, 0.05) is 32.7 Å². The van der Waals surface area contributed by atoms with Crippen molar-refractivity contribution in [3.05, 3.63) is 59.7 Å². The Morgan fingerprint density at radius 1 is 1.00 bits per heavy atom. The van der Waals surface area contributed by atoms with Crippen molar-refractivity contribution in [3.8, 4) is 5.75 Å². The predicted octanol–water partition coefficient (Wildman–Crippen LogP) is 3.68. The third kappa shape index (κ3) is 5.13. The summed E-state index contributed by atoms with van der Waals surface area (Å²) in [6, 6.07) is 15.5. The van der Waals surface area contributed by atoms with Crippen LogP contribution in [0.5, 0.6) is 5.75 Å². The molecule has 28 heavy (non-hydrogen) atoms. The minimum atomic E-state index is -3.47. The summed E-state index contributed by atoms with van der Waals surface area (Å²) >= 11 is 0. The monoisotopic (exact) mass is 402 g/mol. The van der Waals surface area contributed by atoms with Gasteiger partial charge < -0.3 is 4.74 Å². The van der Waals surface area contributed by atoms with Crippen LogP contribution in [0.25, 0.3) is 0 Å². The van der Waals surface area contributed by atoms with Crippen LogP contribution >= 0.6 is 0 Å². The van der Waals surface area contributed by atoms with E-state index < -0.39 is 10.0 Å². The second kappa shape index (κ2) is 9.54. The van der Waals surface area contributed by atoms with Crippen LogP contribution in [-0.2, 0) is 16.6 Å². The minimum Gasteiger partial charge on any atom is -0.493 e. The summed E-state index contributed by atoms with van der Waals surface area (Å²) in [6.07, 6.45) is 2.06. The molecule has 3 rings (SSSR count). The van der Waals surface area contributed by atoms with Gasteiger partial charge in [0.1, 0.15) is 5.75 Å². The maximum absolute atomic E-state index is 13.0. The normalized spacial score (nSPS) is 16.2. The van der Waals surface area contributed by atoms with E-state index in [0.717, 1.165) is 43.8 Å². The second-order valence-electron chi connectivity index (χ2n) is 7.30. The highest BCUT2D eigenvalue weighted by Crippen LogP contribution is 2.25. The topological polar surface area (TPSA) is 49.9 Å². The minimum absolute atomic E-state index is 0.351. The first kappa shape index (κ1) is 20.8. The van der Waals surface area contributed by atoms with Gasteiger partial charge in [0.15, 0.2) is 0 Å². The van der Waals surface area contributed by atoms with Crippen LogP contribution in [0.15, 0.2) is 53.4 Å². The predicted molar refractivity (Wildman–Crippen MR) is 112 cm³/mol. The van der Waals surface area contributed by atoms with Crippen LogP contribution < -0.4 is 4.74 Å². The smallest absolute Gasteiger partial charge is 0.243 e. The third-order valence-electron chi connectivity index (χ3n) is 5.12. The van der Waals surface area contributed by atoms with E-state index in [1.54, 1.807) is 22.5 Å². The number of piperazine rings is 1. The molecule has 0 N–H and O–H groups in total. The van der Waals surface area contributed by atoms with Gasteiger partial charge in [-0.05, 0) is 42.7 Å². The molecular formula is C22H30N2O3S. The zero-order valence-corrected chi connectivity index (χ0v) is 17.6. The number of hydrogen-bond acceptors (Lipinski definition) is 4. The molecule has 1 aliphatic rings. The lowest BCUT2D eigenvalue weighted by Gasteiger charge is -2.34. The first-order valence-corrected chi connectivity index (χ1v) is 11.4. The van der Waals surface area contributed by atoms with Crippen molar-refractivity contribution >= 4 is 10.0 Å². The summed E-state index contributed by atoms with van der Waals surface area (Å²) in [6.45, 7) is 8.05. The number of ether oxygens (including phenoxy) is 1. The molecule has 1 heterocycles.